The normalized spacial score (nSPS) is 14.1. The summed E-state index contributed by atoms with van der Waals surface area (Å²) in [6.45, 7) is 4.79. The van der Waals surface area contributed by atoms with Crippen LogP contribution in [-0.2, 0) is 16.0 Å². The molecule has 108 valence electrons. The molecular weight excluding hydrogens is 252 g/mol. The third-order valence-corrected chi connectivity index (χ3v) is 3.44. The Morgan fingerprint density at radius 2 is 2.05 bits per heavy atom. The number of para-hydroxylation sites is 1. The van der Waals surface area contributed by atoms with E-state index in [2.05, 4.69) is 11.4 Å². The molecule has 1 heterocycles. The molecule has 0 bridgehead atoms. The molecule has 4 nitrogen and oxygen atoms in total. The van der Waals surface area contributed by atoms with Crippen molar-refractivity contribution in [2.45, 2.75) is 33.1 Å². The van der Waals surface area contributed by atoms with Crippen LogP contribution < -0.4 is 10.2 Å². The third-order valence-electron chi connectivity index (χ3n) is 3.44. The summed E-state index contributed by atoms with van der Waals surface area (Å²) in [4.78, 5) is 25.7. The van der Waals surface area contributed by atoms with Crippen molar-refractivity contribution >= 4 is 17.5 Å². The minimum Gasteiger partial charge on any atom is -0.347 e. The van der Waals surface area contributed by atoms with E-state index in [4.69, 9.17) is 0 Å². The molecule has 0 aromatic heterocycles. The van der Waals surface area contributed by atoms with Crippen molar-refractivity contribution in [3.05, 3.63) is 29.8 Å². The molecule has 1 N–H and O–H groups in total. The van der Waals surface area contributed by atoms with E-state index in [1.54, 1.807) is 4.90 Å². The fourth-order valence-electron chi connectivity index (χ4n) is 2.51. The number of rotatable bonds is 4. The molecule has 2 amide bonds. The van der Waals surface area contributed by atoms with Crippen molar-refractivity contribution in [2.24, 2.45) is 5.92 Å². The van der Waals surface area contributed by atoms with E-state index in [0.717, 1.165) is 25.1 Å². The number of carbonyl (C=O) groups excluding carboxylic acids is 2. The quantitative estimate of drug-likeness (QED) is 0.914. The Morgan fingerprint density at radius 1 is 1.30 bits per heavy atom. The first-order valence-corrected chi connectivity index (χ1v) is 7.23. The third kappa shape index (κ3) is 3.59. The van der Waals surface area contributed by atoms with Gasteiger partial charge in [-0.2, -0.15) is 0 Å². The molecule has 0 spiro atoms. The fraction of sp³-hybridized carbons (Fsp3) is 0.500. The van der Waals surface area contributed by atoms with Gasteiger partial charge in [-0.05, 0) is 30.4 Å². The van der Waals surface area contributed by atoms with Crippen LogP contribution in [0.1, 0.15) is 32.3 Å². The summed E-state index contributed by atoms with van der Waals surface area (Å²) in [7, 11) is 0. The zero-order chi connectivity index (χ0) is 14.5. The largest absolute Gasteiger partial charge is 0.347 e. The van der Waals surface area contributed by atoms with E-state index in [1.165, 1.54) is 5.56 Å². The predicted octanol–water partition coefficient (Wildman–Crippen LogP) is 2.13. The summed E-state index contributed by atoms with van der Waals surface area (Å²) in [6, 6.07) is 7.98. The molecular formula is C16H22N2O2. The number of hydrogen-bond acceptors (Lipinski definition) is 2. The molecule has 1 aliphatic heterocycles. The molecule has 1 aliphatic rings. The van der Waals surface area contributed by atoms with Gasteiger partial charge in [0.1, 0.15) is 0 Å². The summed E-state index contributed by atoms with van der Waals surface area (Å²) in [5.41, 5.74) is 2.20. The molecule has 2 rings (SSSR count). The number of nitrogens with one attached hydrogen (secondary N) is 1. The second-order valence-corrected chi connectivity index (χ2v) is 5.65. The van der Waals surface area contributed by atoms with E-state index in [9.17, 15) is 9.59 Å². The van der Waals surface area contributed by atoms with Crippen LogP contribution in [0.25, 0.3) is 0 Å². The maximum absolute atomic E-state index is 12.3. The average molecular weight is 274 g/mol. The van der Waals surface area contributed by atoms with Crippen molar-refractivity contribution in [3.63, 3.8) is 0 Å². The van der Waals surface area contributed by atoms with Gasteiger partial charge in [0.15, 0.2) is 0 Å². The lowest BCUT2D eigenvalue weighted by atomic mass is 10.0. The Bertz CT molecular complexity index is 497. The summed E-state index contributed by atoms with van der Waals surface area (Å²) >= 11 is 0. The molecule has 0 unspecified atom stereocenters. The number of benzene rings is 1. The number of amides is 2. The molecule has 0 saturated carbocycles. The molecule has 20 heavy (non-hydrogen) atoms. The molecule has 0 saturated heterocycles. The predicted molar refractivity (Wildman–Crippen MR) is 79.6 cm³/mol. The van der Waals surface area contributed by atoms with Gasteiger partial charge in [0.25, 0.3) is 0 Å². The number of nitrogens with zero attached hydrogens (tertiary/aromatic N) is 1. The van der Waals surface area contributed by atoms with Crippen molar-refractivity contribution in [3.8, 4) is 0 Å². The van der Waals surface area contributed by atoms with Crippen LogP contribution in [0.3, 0.4) is 0 Å². The number of anilines is 1. The van der Waals surface area contributed by atoms with Gasteiger partial charge < -0.3 is 10.2 Å². The fourth-order valence-corrected chi connectivity index (χ4v) is 2.51. The number of carbonyl (C=O) groups is 2. The maximum atomic E-state index is 12.3. The monoisotopic (exact) mass is 274 g/mol. The first-order chi connectivity index (χ1) is 9.58. The van der Waals surface area contributed by atoms with Crippen LogP contribution in [0, 0.1) is 5.92 Å². The zero-order valence-corrected chi connectivity index (χ0v) is 12.2. The van der Waals surface area contributed by atoms with Crippen molar-refractivity contribution in [1.82, 2.24) is 5.32 Å². The van der Waals surface area contributed by atoms with E-state index >= 15 is 0 Å². The van der Waals surface area contributed by atoms with Crippen LogP contribution in [0.4, 0.5) is 5.69 Å². The molecule has 1 aromatic rings. The van der Waals surface area contributed by atoms with Gasteiger partial charge in [0, 0.05) is 18.7 Å². The molecule has 1 aromatic carbocycles. The lowest BCUT2D eigenvalue weighted by molar-refractivity contribution is -0.125. The highest BCUT2D eigenvalue weighted by Crippen LogP contribution is 2.26. The van der Waals surface area contributed by atoms with E-state index in [-0.39, 0.29) is 18.4 Å². The van der Waals surface area contributed by atoms with Gasteiger partial charge >= 0.3 is 0 Å². The summed E-state index contributed by atoms with van der Waals surface area (Å²) in [5, 5.41) is 2.71. The topological polar surface area (TPSA) is 49.4 Å². The lowest BCUT2D eigenvalue weighted by Crippen LogP contribution is -2.42. The van der Waals surface area contributed by atoms with Crippen LogP contribution in [-0.4, -0.2) is 24.9 Å². The Balaban J connectivity index is 1.95. The van der Waals surface area contributed by atoms with Crippen molar-refractivity contribution in [1.29, 1.82) is 0 Å². The van der Waals surface area contributed by atoms with Gasteiger partial charge in [0.2, 0.25) is 11.8 Å². The van der Waals surface area contributed by atoms with Crippen molar-refractivity contribution < 1.29 is 9.59 Å². The van der Waals surface area contributed by atoms with Crippen LogP contribution >= 0.6 is 0 Å². The van der Waals surface area contributed by atoms with Crippen LogP contribution in [0.5, 0.6) is 0 Å². The second-order valence-electron chi connectivity index (χ2n) is 5.65. The summed E-state index contributed by atoms with van der Waals surface area (Å²) in [6.07, 6.45) is 2.45. The second kappa shape index (κ2) is 6.55. The SMILES string of the molecule is CC(C)CC(=O)NCC(=O)N1CCCc2ccccc21. The van der Waals surface area contributed by atoms with E-state index < -0.39 is 0 Å². The summed E-state index contributed by atoms with van der Waals surface area (Å²) in [5.74, 6) is 0.216. The van der Waals surface area contributed by atoms with Gasteiger partial charge in [-0.3, -0.25) is 9.59 Å². The maximum Gasteiger partial charge on any atom is 0.246 e. The Morgan fingerprint density at radius 3 is 2.80 bits per heavy atom. The number of aryl methyl sites for hydroxylation is 1. The minimum absolute atomic E-state index is 0.0331. The highest BCUT2D eigenvalue weighted by molar-refractivity contribution is 5.97. The molecule has 0 aliphatic carbocycles. The first kappa shape index (κ1) is 14.6. The molecule has 0 fully saturated rings. The number of hydrogen-bond donors (Lipinski definition) is 1. The van der Waals surface area contributed by atoms with Crippen LogP contribution in [0.15, 0.2) is 24.3 Å². The molecule has 0 radical (unpaired) electrons. The number of fused-ring (bicyclic) bond motifs is 1. The minimum atomic E-state index is -0.0568. The van der Waals surface area contributed by atoms with E-state index in [0.29, 0.717) is 12.3 Å². The Kier molecular flexibility index (Phi) is 4.77. The molecule has 0 atom stereocenters. The van der Waals surface area contributed by atoms with Gasteiger partial charge in [-0.1, -0.05) is 32.0 Å². The Labute approximate surface area is 120 Å². The smallest absolute Gasteiger partial charge is 0.246 e. The molecule has 4 heteroatoms. The van der Waals surface area contributed by atoms with Gasteiger partial charge in [-0.25, -0.2) is 0 Å². The first-order valence-electron chi connectivity index (χ1n) is 7.23. The Hall–Kier alpha value is -1.84. The summed E-state index contributed by atoms with van der Waals surface area (Å²) < 4.78 is 0. The highest BCUT2D eigenvalue weighted by atomic mass is 16.2. The zero-order valence-electron chi connectivity index (χ0n) is 12.2. The van der Waals surface area contributed by atoms with E-state index in [1.807, 2.05) is 32.0 Å². The lowest BCUT2D eigenvalue weighted by Gasteiger charge is -2.29. The van der Waals surface area contributed by atoms with Crippen LogP contribution in [0.2, 0.25) is 0 Å². The van der Waals surface area contributed by atoms with Gasteiger partial charge in [-0.15, -0.1) is 0 Å². The average Bonchev–Trinajstić information content (AvgIpc) is 2.43. The van der Waals surface area contributed by atoms with Gasteiger partial charge in [0.05, 0.1) is 6.54 Å². The van der Waals surface area contributed by atoms with Crippen molar-refractivity contribution in [2.75, 3.05) is 18.0 Å². The highest BCUT2D eigenvalue weighted by Gasteiger charge is 2.22. The standard InChI is InChI=1S/C16H22N2O2/c1-12(2)10-15(19)17-11-16(20)18-9-5-7-13-6-3-4-8-14(13)18/h3-4,6,8,12H,5,7,9-11H2,1-2H3,(H,17,19).